The quantitative estimate of drug-likeness (QED) is 0.819. The number of halogens is 2. The Hall–Kier alpha value is -1.25. The van der Waals surface area contributed by atoms with Crippen molar-refractivity contribution in [3.63, 3.8) is 0 Å². The minimum absolute atomic E-state index is 0.356. The molecule has 1 fully saturated rings. The number of nitrogens with zero attached hydrogens (tertiary/aromatic N) is 1. The number of hydrogen-bond donors (Lipinski definition) is 2. The summed E-state index contributed by atoms with van der Waals surface area (Å²) in [5.41, 5.74) is 0.721. The second kappa shape index (κ2) is 7.15. The Morgan fingerprint density at radius 3 is 2.38 bits per heavy atom. The zero-order valence-corrected chi connectivity index (χ0v) is 12.4. The molecule has 0 amide bonds. The summed E-state index contributed by atoms with van der Waals surface area (Å²) in [6.07, 6.45) is 0. The molecule has 0 unspecified atom stereocenters. The molecule has 118 valence electrons. The first-order valence-corrected chi connectivity index (χ1v) is 8.34. The smallest absolute Gasteiger partial charge is 0.341 e. The molecule has 1 aromatic carbocycles. The van der Waals surface area contributed by atoms with Crippen molar-refractivity contribution in [2.45, 2.75) is 10.7 Å². The van der Waals surface area contributed by atoms with E-state index in [1.807, 2.05) is 0 Å². The molecule has 2 rings (SSSR count). The van der Waals surface area contributed by atoms with E-state index in [4.69, 9.17) is 0 Å². The second-order valence-electron chi connectivity index (χ2n) is 4.85. The van der Waals surface area contributed by atoms with Gasteiger partial charge in [0.15, 0.2) is 0 Å². The van der Waals surface area contributed by atoms with Crippen LogP contribution in [0.4, 0.5) is 14.5 Å². The Bertz CT molecular complexity index is 543. The molecule has 0 saturated carbocycles. The minimum atomic E-state index is -4.51. The van der Waals surface area contributed by atoms with E-state index >= 15 is 0 Å². The third-order valence-electron chi connectivity index (χ3n) is 3.38. The van der Waals surface area contributed by atoms with Crippen LogP contribution in [0, 0.1) is 0 Å². The van der Waals surface area contributed by atoms with Crippen LogP contribution in [0.25, 0.3) is 0 Å². The molecule has 8 heteroatoms. The average molecular weight is 319 g/mol. The third kappa shape index (κ3) is 4.36. The first kappa shape index (κ1) is 16.1. The van der Waals surface area contributed by atoms with Crippen LogP contribution in [0.3, 0.4) is 0 Å². The van der Waals surface area contributed by atoms with Gasteiger partial charge in [-0.3, -0.25) is 4.90 Å². The molecule has 0 aliphatic carbocycles. The maximum atomic E-state index is 12.4. The molecule has 1 heterocycles. The van der Waals surface area contributed by atoms with E-state index in [0.29, 0.717) is 0 Å². The number of rotatable bonds is 6. The van der Waals surface area contributed by atoms with Crippen LogP contribution in [0.2, 0.25) is 0 Å². The second-order valence-corrected chi connectivity index (χ2v) is 6.77. The van der Waals surface area contributed by atoms with Gasteiger partial charge in [0.25, 0.3) is 0 Å². The lowest BCUT2D eigenvalue weighted by Crippen LogP contribution is -2.45. The molecular formula is C13H19F2N3O2S. The molecule has 1 aliphatic rings. The summed E-state index contributed by atoms with van der Waals surface area (Å²) in [5.74, 6) is -3.39. The summed E-state index contributed by atoms with van der Waals surface area (Å²) in [6.45, 7) is 5.60. The standard InChI is InChI=1S/C13H19F2N3O2S/c14-13(15)21(19,20)12-3-1-11(2-4-12)17-7-10-18-8-5-16-6-9-18/h1-4,13,16-17H,5-10H2. The SMILES string of the molecule is O=S(=O)(c1ccc(NCCN2CCNCC2)cc1)C(F)F. The van der Waals surface area contributed by atoms with Gasteiger partial charge < -0.3 is 10.6 Å². The molecule has 0 spiro atoms. The Labute approximate surface area is 123 Å². The zero-order chi connectivity index (χ0) is 15.3. The van der Waals surface area contributed by atoms with Gasteiger partial charge in [-0.05, 0) is 24.3 Å². The zero-order valence-electron chi connectivity index (χ0n) is 11.6. The van der Waals surface area contributed by atoms with Crippen molar-refractivity contribution in [3.8, 4) is 0 Å². The lowest BCUT2D eigenvalue weighted by atomic mass is 10.3. The summed E-state index contributed by atoms with van der Waals surface area (Å²) >= 11 is 0. The first-order valence-electron chi connectivity index (χ1n) is 6.79. The highest BCUT2D eigenvalue weighted by molar-refractivity contribution is 7.91. The average Bonchev–Trinajstić information content (AvgIpc) is 2.49. The Kier molecular flexibility index (Phi) is 5.49. The van der Waals surface area contributed by atoms with Crippen LogP contribution < -0.4 is 10.6 Å². The fourth-order valence-corrected chi connectivity index (χ4v) is 2.88. The summed E-state index contributed by atoms with van der Waals surface area (Å²) in [7, 11) is -4.51. The Morgan fingerprint density at radius 1 is 1.19 bits per heavy atom. The van der Waals surface area contributed by atoms with Gasteiger partial charge in [0, 0.05) is 45.0 Å². The number of piperazine rings is 1. The number of benzene rings is 1. The fraction of sp³-hybridized carbons (Fsp3) is 0.538. The number of hydrogen-bond acceptors (Lipinski definition) is 5. The van der Waals surface area contributed by atoms with Crippen LogP contribution in [0.15, 0.2) is 29.2 Å². The van der Waals surface area contributed by atoms with Crippen molar-refractivity contribution < 1.29 is 17.2 Å². The van der Waals surface area contributed by atoms with Crippen molar-refractivity contribution in [2.75, 3.05) is 44.6 Å². The normalized spacial score (nSPS) is 17.1. The lowest BCUT2D eigenvalue weighted by Gasteiger charge is -2.27. The van der Waals surface area contributed by atoms with E-state index in [9.17, 15) is 17.2 Å². The fourth-order valence-electron chi connectivity index (χ4n) is 2.16. The number of alkyl halides is 2. The molecule has 0 atom stereocenters. The third-order valence-corrected chi connectivity index (χ3v) is 4.78. The van der Waals surface area contributed by atoms with Crippen LogP contribution in [0.1, 0.15) is 0 Å². The number of nitrogens with one attached hydrogen (secondary N) is 2. The van der Waals surface area contributed by atoms with Gasteiger partial charge in [-0.25, -0.2) is 8.42 Å². The topological polar surface area (TPSA) is 61.4 Å². The van der Waals surface area contributed by atoms with Crippen molar-refractivity contribution in [3.05, 3.63) is 24.3 Å². The van der Waals surface area contributed by atoms with Gasteiger partial charge in [-0.1, -0.05) is 0 Å². The minimum Gasteiger partial charge on any atom is -0.384 e. The van der Waals surface area contributed by atoms with Gasteiger partial charge >= 0.3 is 5.76 Å². The van der Waals surface area contributed by atoms with Gasteiger partial charge in [0.05, 0.1) is 4.90 Å². The van der Waals surface area contributed by atoms with Crippen LogP contribution in [-0.2, 0) is 9.84 Å². The number of sulfone groups is 1. The highest BCUT2D eigenvalue weighted by Gasteiger charge is 2.26. The van der Waals surface area contributed by atoms with Crippen molar-refractivity contribution >= 4 is 15.5 Å². The molecule has 21 heavy (non-hydrogen) atoms. The van der Waals surface area contributed by atoms with Gasteiger partial charge in [-0.2, -0.15) is 8.78 Å². The van der Waals surface area contributed by atoms with Gasteiger partial charge in [0.2, 0.25) is 9.84 Å². The Morgan fingerprint density at radius 2 is 1.81 bits per heavy atom. The molecule has 0 radical (unpaired) electrons. The first-order chi connectivity index (χ1) is 10.00. The summed E-state index contributed by atoms with van der Waals surface area (Å²) in [5, 5.41) is 6.43. The van der Waals surface area contributed by atoms with Crippen LogP contribution >= 0.6 is 0 Å². The van der Waals surface area contributed by atoms with Crippen LogP contribution in [-0.4, -0.2) is 58.3 Å². The van der Waals surface area contributed by atoms with Crippen molar-refractivity contribution in [1.82, 2.24) is 10.2 Å². The maximum absolute atomic E-state index is 12.4. The highest BCUT2D eigenvalue weighted by Crippen LogP contribution is 2.20. The molecule has 0 aromatic heterocycles. The molecule has 2 N–H and O–H groups in total. The Balaban J connectivity index is 1.85. The monoisotopic (exact) mass is 319 g/mol. The molecule has 1 aromatic rings. The predicted octanol–water partition coefficient (Wildman–Crippen LogP) is 1.00. The van der Waals surface area contributed by atoms with E-state index in [1.54, 1.807) is 0 Å². The van der Waals surface area contributed by atoms with E-state index in [1.165, 1.54) is 24.3 Å². The molecule has 5 nitrogen and oxygen atoms in total. The predicted molar refractivity (Wildman–Crippen MR) is 77.4 cm³/mol. The summed E-state index contributed by atoms with van der Waals surface area (Å²) in [6, 6.07) is 5.42. The molecule has 1 aliphatic heterocycles. The maximum Gasteiger partial charge on any atom is 0.341 e. The number of anilines is 1. The van der Waals surface area contributed by atoms with Crippen LogP contribution in [0.5, 0.6) is 0 Å². The lowest BCUT2D eigenvalue weighted by molar-refractivity contribution is 0.234. The summed E-state index contributed by atoms with van der Waals surface area (Å²) in [4.78, 5) is 1.96. The molecule has 1 saturated heterocycles. The van der Waals surface area contributed by atoms with E-state index in [-0.39, 0.29) is 4.90 Å². The van der Waals surface area contributed by atoms with E-state index in [2.05, 4.69) is 15.5 Å². The van der Waals surface area contributed by atoms with Gasteiger partial charge in [0.1, 0.15) is 0 Å². The van der Waals surface area contributed by atoms with E-state index < -0.39 is 15.6 Å². The van der Waals surface area contributed by atoms with Crippen molar-refractivity contribution in [1.29, 1.82) is 0 Å². The summed E-state index contributed by atoms with van der Waals surface area (Å²) < 4.78 is 47.3. The largest absolute Gasteiger partial charge is 0.384 e. The van der Waals surface area contributed by atoms with Gasteiger partial charge in [-0.15, -0.1) is 0 Å². The van der Waals surface area contributed by atoms with Crippen molar-refractivity contribution in [2.24, 2.45) is 0 Å². The molecule has 0 bridgehead atoms. The van der Waals surface area contributed by atoms with E-state index in [0.717, 1.165) is 45.0 Å². The highest BCUT2D eigenvalue weighted by atomic mass is 32.2. The molecular weight excluding hydrogens is 300 g/mol.